The molecule has 1 atom stereocenters. The number of nitrogens with zero attached hydrogens (tertiary/aromatic N) is 3. The zero-order chi connectivity index (χ0) is 11.4. The molecule has 5 nitrogen and oxygen atoms in total. The average molecular weight is 211 g/mol. The van der Waals surface area contributed by atoms with Gasteiger partial charge >= 0.3 is 0 Å². The lowest BCUT2D eigenvalue weighted by atomic mass is 10.2. The second-order valence-electron chi connectivity index (χ2n) is 3.39. The maximum Gasteiger partial charge on any atom is 0.225 e. The zero-order valence-corrected chi connectivity index (χ0v) is 8.74. The van der Waals surface area contributed by atoms with E-state index in [9.17, 15) is 4.39 Å². The van der Waals surface area contributed by atoms with Crippen LogP contribution in [0.4, 0.5) is 10.3 Å². The van der Waals surface area contributed by atoms with Crippen LogP contribution in [0.3, 0.4) is 0 Å². The van der Waals surface area contributed by atoms with Crippen LogP contribution in [0.2, 0.25) is 0 Å². The molecule has 0 aliphatic rings. The summed E-state index contributed by atoms with van der Waals surface area (Å²) < 4.78 is 12.6. The van der Waals surface area contributed by atoms with Crippen molar-refractivity contribution in [1.29, 1.82) is 5.41 Å². The number of aromatic nitrogens is 2. The highest BCUT2D eigenvalue weighted by Crippen LogP contribution is 2.10. The standard InChI is InChI=1S/C9H14FN5/c1-6(3-8(11)12)15(2)9-13-4-7(10)5-14-9/h4-6H,3H2,1-2H3,(H3,11,12). The lowest BCUT2D eigenvalue weighted by molar-refractivity contribution is 0.608. The highest BCUT2D eigenvalue weighted by atomic mass is 19.1. The first-order valence-corrected chi connectivity index (χ1v) is 4.54. The summed E-state index contributed by atoms with van der Waals surface area (Å²) >= 11 is 0. The van der Waals surface area contributed by atoms with Gasteiger partial charge in [0.2, 0.25) is 5.95 Å². The third kappa shape index (κ3) is 3.16. The Morgan fingerprint density at radius 2 is 2.13 bits per heavy atom. The van der Waals surface area contributed by atoms with Gasteiger partial charge in [-0.05, 0) is 6.92 Å². The first-order valence-electron chi connectivity index (χ1n) is 4.54. The molecule has 0 aliphatic carbocycles. The highest BCUT2D eigenvalue weighted by Gasteiger charge is 2.13. The summed E-state index contributed by atoms with van der Waals surface area (Å²) in [6.45, 7) is 1.90. The molecule has 0 spiro atoms. The molecule has 82 valence electrons. The van der Waals surface area contributed by atoms with Crippen molar-refractivity contribution in [3.8, 4) is 0 Å². The van der Waals surface area contributed by atoms with E-state index in [4.69, 9.17) is 11.1 Å². The van der Waals surface area contributed by atoms with E-state index in [0.29, 0.717) is 12.4 Å². The molecular weight excluding hydrogens is 197 g/mol. The molecule has 0 bridgehead atoms. The number of rotatable bonds is 4. The van der Waals surface area contributed by atoms with E-state index in [1.165, 1.54) is 0 Å². The summed E-state index contributed by atoms with van der Waals surface area (Å²) in [4.78, 5) is 9.42. The van der Waals surface area contributed by atoms with Gasteiger partial charge in [0.15, 0.2) is 5.82 Å². The van der Waals surface area contributed by atoms with Crippen LogP contribution in [0.25, 0.3) is 0 Å². The van der Waals surface area contributed by atoms with Crippen LogP contribution >= 0.6 is 0 Å². The predicted molar refractivity (Wildman–Crippen MR) is 56.4 cm³/mol. The summed E-state index contributed by atoms with van der Waals surface area (Å²) in [7, 11) is 1.78. The van der Waals surface area contributed by atoms with Crippen molar-refractivity contribution in [2.75, 3.05) is 11.9 Å². The number of hydrogen-bond acceptors (Lipinski definition) is 4. The van der Waals surface area contributed by atoms with Crippen LogP contribution in [-0.2, 0) is 0 Å². The lowest BCUT2D eigenvalue weighted by Gasteiger charge is -2.24. The van der Waals surface area contributed by atoms with Gasteiger partial charge in [0, 0.05) is 19.5 Å². The van der Waals surface area contributed by atoms with Gasteiger partial charge in [-0.3, -0.25) is 5.41 Å². The number of anilines is 1. The third-order valence-corrected chi connectivity index (χ3v) is 2.10. The van der Waals surface area contributed by atoms with Gasteiger partial charge in [0.05, 0.1) is 18.2 Å². The van der Waals surface area contributed by atoms with Gasteiger partial charge in [-0.2, -0.15) is 0 Å². The molecule has 1 rings (SSSR count). The Labute approximate surface area is 87.6 Å². The van der Waals surface area contributed by atoms with E-state index in [-0.39, 0.29) is 11.9 Å². The quantitative estimate of drug-likeness (QED) is 0.569. The smallest absolute Gasteiger partial charge is 0.225 e. The fourth-order valence-corrected chi connectivity index (χ4v) is 1.14. The molecule has 1 aromatic heterocycles. The second kappa shape index (κ2) is 4.68. The topological polar surface area (TPSA) is 78.9 Å². The van der Waals surface area contributed by atoms with Crippen LogP contribution < -0.4 is 10.6 Å². The summed E-state index contributed by atoms with van der Waals surface area (Å²) in [6.07, 6.45) is 2.65. The van der Waals surface area contributed by atoms with Crippen molar-refractivity contribution in [1.82, 2.24) is 9.97 Å². The van der Waals surface area contributed by atoms with E-state index in [0.717, 1.165) is 12.4 Å². The summed E-state index contributed by atoms with van der Waals surface area (Å²) in [5.41, 5.74) is 5.29. The Kier molecular flexibility index (Phi) is 3.54. The first kappa shape index (κ1) is 11.4. The molecule has 1 unspecified atom stereocenters. The minimum atomic E-state index is -0.466. The zero-order valence-electron chi connectivity index (χ0n) is 8.74. The van der Waals surface area contributed by atoms with Crippen molar-refractivity contribution in [2.45, 2.75) is 19.4 Å². The van der Waals surface area contributed by atoms with Gasteiger partial charge in [0.1, 0.15) is 0 Å². The van der Waals surface area contributed by atoms with Gasteiger partial charge in [-0.25, -0.2) is 14.4 Å². The molecule has 0 saturated carbocycles. The van der Waals surface area contributed by atoms with E-state index < -0.39 is 5.82 Å². The molecule has 0 aliphatic heterocycles. The Bertz CT molecular complexity index is 337. The molecule has 0 saturated heterocycles. The van der Waals surface area contributed by atoms with E-state index in [1.807, 2.05) is 6.92 Å². The van der Waals surface area contributed by atoms with Crippen LogP contribution in [-0.4, -0.2) is 28.9 Å². The Balaban J connectivity index is 2.71. The van der Waals surface area contributed by atoms with Gasteiger partial charge in [-0.15, -0.1) is 0 Å². The number of hydrogen-bond donors (Lipinski definition) is 2. The monoisotopic (exact) mass is 211 g/mol. The summed E-state index contributed by atoms with van der Waals surface area (Å²) in [5.74, 6) is 0.0629. The third-order valence-electron chi connectivity index (χ3n) is 2.10. The van der Waals surface area contributed by atoms with Crippen LogP contribution in [0, 0.1) is 11.2 Å². The molecule has 0 fully saturated rings. The molecule has 6 heteroatoms. The minimum Gasteiger partial charge on any atom is -0.388 e. The molecule has 3 N–H and O–H groups in total. The first-order chi connectivity index (χ1) is 7.00. The Hall–Kier alpha value is -1.72. The Morgan fingerprint density at radius 3 is 2.60 bits per heavy atom. The summed E-state index contributed by atoms with van der Waals surface area (Å²) in [6, 6.07) is 0.00737. The maximum absolute atomic E-state index is 12.6. The van der Waals surface area contributed by atoms with Crippen LogP contribution in [0.1, 0.15) is 13.3 Å². The van der Waals surface area contributed by atoms with E-state index in [1.54, 1.807) is 11.9 Å². The molecule has 0 aromatic carbocycles. The van der Waals surface area contributed by atoms with E-state index >= 15 is 0 Å². The normalized spacial score (nSPS) is 12.2. The van der Waals surface area contributed by atoms with Crippen molar-refractivity contribution in [3.05, 3.63) is 18.2 Å². The fourth-order valence-electron chi connectivity index (χ4n) is 1.14. The molecule has 15 heavy (non-hydrogen) atoms. The predicted octanol–water partition coefficient (Wildman–Crippen LogP) is 0.766. The van der Waals surface area contributed by atoms with Crippen molar-refractivity contribution < 1.29 is 4.39 Å². The average Bonchev–Trinajstić information content (AvgIpc) is 2.17. The van der Waals surface area contributed by atoms with E-state index in [2.05, 4.69) is 9.97 Å². The molecule has 1 heterocycles. The number of halogens is 1. The lowest BCUT2D eigenvalue weighted by Crippen LogP contribution is -2.33. The molecular formula is C9H14FN5. The Morgan fingerprint density at radius 1 is 1.60 bits per heavy atom. The highest BCUT2D eigenvalue weighted by molar-refractivity contribution is 5.77. The van der Waals surface area contributed by atoms with Crippen molar-refractivity contribution in [2.24, 2.45) is 5.73 Å². The van der Waals surface area contributed by atoms with Crippen LogP contribution in [0.5, 0.6) is 0 Å². The van der Waals surface area contributed by atoms with Crippen molar-refractivity contribution >= 4 is 11.8 Å². The SMILES string of the molecule is CC(CC(=N)N)N(C)c1ncc(F)cn1. The fraction of sp³-hybridized carbons (Fsp3) is 0.444. The largest absolute Gasteiger partial charge is 0.388 e. The van der Waals surface area contributed by atoms with Crippen LogP contribution in [0.15, 0.2) is 12.4 Å². The number of nitrogens with one attached hydrogen (secondary N) is 1. The molecule has 0 amide bonds. The van der Waals surface area contributed by atoms with Gasteiger partial charge < -0.3 is 10.6 Å². The van der Waals surface area contributed by atoms with Gasteiger partial charge in [-0.1, -0.05) is 0 Å². The molecule has 1 aromatic rings. The summed E-state index contributed by atoms with van der Waals surface area (Å²) in [5, 5.41) is 7.16. The van der Waals surface area contributed by atoms with Crippen molar-refractivity contribution in [3.63, 3.8) is 0 Å². The number of nitrogens with two attached hydrogens (primary N) is 1. The minimum absolute atomic E-state index is 0.00737. The van der Waals surface area contributed by atoms with Gasteiger partial charge in [0.25, 0.3) is 0 Å². The maximum atomic E-state index is 12.6. The number of amidine groups is 1. The molecule has 0 radical (unpaired) electrons. The second-order valence-corrected chi connectivity index (χ2v) is 3.39.